The predicted octanol–water partition coefficient (Wildman–Crippen LogP) is 3.89. The second kappa shape index (κ2) is 8.16. The zero-order valence-corrected chi connectivity index (χ0v) is 22.4. The maximum Gasteiger partial charge on any atom is 0.305 e. The third kappa shape index (κ3) is 3.23. The number of fused-ring (bicyclic) bond motifs is 7. The molecule has 0 radical (unpaired) electrons. The molecule has 10 heteroatoms. The highest BCUT2D eigenvalue weighted by Gasteiger charge is 2.80. The number of rotatable bonds is 4. The van der Waals surface area contributed by atoms with E-state index in [1.54, 1.807) is 27.7 Å². The van der Waals surface area contributed by atoms with Crippen LogP contribution in [0.4, 0.5) is 8.78 Å². The maximum absolute atomic E-state index is 17.5. The molecule has 4 aliphatic carbocycles. The van der Waals surface area contributed by atoms with Crippen LogP contribution in [-0.4, -0.2) is 64.7 Å². The number of ether oxygens (including phenoxy) is 3. The summed E-state index contributed by atoms with van der Waals surface area (Å²) >= 11 is 6.21. The van der Waals surface area contributed by atoms with Crippen molar-refractivity contribution in [2.24, 2.45) is 22.7 Å². The fourth-order valence-corrected chi connectivity index (χ4v) is 8.63. The van der Waals surface area contributed by atoms with Gasteiger partial charge in [-0.3, -0.25) is 14.4 Å². The van der Waals surface area contributed by atoms with Crippen LogP contribution in [0.3, 0.4) is 0 Å². The zero-order valence-electron chi connectivity index (χ0n) is 21.6. The fraction of sp³-hybridized carbons (Fsp3) is 0.741. The number of aliphatic hydroxyl groups is 1. The first kappa shape index (κ1) is 26.9. The number of Topliss-reactive ketones (excluding diaryl/α,β-unsaturated/α-hetero) is 1. The summed E-state index contributed by atoms with van der Waals surface area (Å²) in [6, 6.07) is 0. The van der Waals surface area contributed by atoms with Crippen LogP contribution in [0.2, 0.25) is 0 Å². The number of aliphatic hydroxyl groups excluding tert-OH is 1. The molecule has 0 aromatic rings. The molecular weight excluding hydrogens is 510 g/mol. The first-order chi connectivity index (χ1) is 17.1. The molecule has 0 bridgehead atoms. The molecule has 0 amide bonds. The molecular formula is C27H33ClF2O7. The van der Waals surface area contributed by atoms with Gasteiger partial charge in [-0.2, -0.15) is 0 Å². The summed E-state index contributed by atoms with van der Waals surface area (Å²) < 4.78 is 50.9. The van der Waals surface area contributed by atoms with E-state index in [1.807, 2.05) is 0 Å². The van der Waals surface area contributed by atoms with E-state index >= 15 is 8.78 Å². The first-order valence-electron chi connectivity index (χ1n) is 12.8. The Morgan fingerprint density at radius 2 is 1.89 bits per heavy atom. The van der Waals surface area contributed by atoms with E-state index in [9.17, 15) is 19.5 Å². The summed E-state index contributed by atoms with van der Waals surface area (Å²) in [5.74, 6) is -4.49. The quantitative estimate of drug-likeness (QED) is 0.538. The molecule has 37 heavy (non-hydrogen) atoms. The van der Waals surface area contributed by atoms with Gasteiger partial charge in [-0.1, -0.05) is 31.5 Å². The zero-order chi connectivity index (χ0) is 27.3. The summed E-state index contributed by atoms with van der Waals surface area (Å²) in [4.78, 5) is 37.8. The molecule has 4 fully saturated rings. The predicted molar refractivity (Wildman–Crippen MR) is 128 cm³/mol. The maximum atomic E-state index is 17.5. The van der Waals surface area contributed by atoms with Crippen molar-refractivity contribution in [3.8, 4) is 0 Å². The highest BCUT2D eigenvalue weighted by Crippen LogP contribution is 2.72. The molecule has 1 aliphatic heterocycles. The first-order valence-corrected chi connectivity index (χ1v) is 13.2. The van der Waals surface area contributed by atoms with Crippen LogP contribution in [0, 0.1) is 22.7 Å². The van der Waals surface area contributed by atoms with Gasteiger partial charge in [0.15, 0.2) is 29.4 Å². The van der Waals surface area contributed by atoms with Gasteiger partial charge >= 0.3 is 5.97 Å². The molecule has 9 atom stereocenters. The average Bonchev–Trinajstić information content (AvgIpc) is 3.22. The Kier molecular flexibility index (Phi) is 5.94. The monoisotopic (exact) mass is 542 g/mol. The van der Waals surface area contributed by atoms with E-state index in [0.717, 1.165) is 6.08 Å². The molecule has 0 unspecified atom stereocenters. The minimum atomic E-state index is -2.36. The molecule has 1 heterocycles. The Morgan fingerprint density at radius 3 is 2.54 bits per heavy atom. The molecule has 3 saturated carbocycles. The van der Waals surface area contributed by atoms with Crippen molar-refractivity contribution in [2.75, 3.05) is 6.61 Å². The molecule has 5 rings (SSSR count). The van der Waals surface area contributed by atoms with Crippen LogP contribution >= 0.6 is 11.6 Å². The SMILES string of the molecule is CCC(=O)OCC(=O)[C@@]12OC(C)(C)O[C@@H]1C[C@H]1[C@@H]3C[C@H](F)C4=C(Cl)C(=O)C=C[C@]4(C)[C@@]3(F)[C@@H](O)C[C@@]12C. The molecule has 1 N–H and O–H groups in total. The molecule has 7 nitrogen and oxygen atoms in total. The van der Waals surface area contributed by atoms with Crippen molar-refractivity contribution >= 4 is 29.1 Å². The van der Waals surface area contributed by atoms with Gasteiger partial charge in [0, 0.05) is 23.2 Å². The number of hydrogen-bond donors (Lipinski definition) is 1. The number of ketones is 2. The Bertz CT molecular complexity index is 1140. The lowest BCUT2D eigenvalue weighted by molar-refractivity contribution is -0.249. The minimum Gasteiger partial charge on any atom is -0.458 e. The Morgan fingerprint density at radius 1 is 1.22 bits per heavy atom. The van der Waals surface area contributed by atoms with E-state index in [1.165, 1.54) is 13.0 Å². The van der Waals surface area contributed by atoms with Crippen LogP contribution in [0.25, 0.3) is 0 Å². The minimum absolute atomic E-state index is 0.0858. The van der Waals surface area contributed by atoms with Crippen LogP contribution in [0.15, 0.2) is 22.8 Å². The number of carbonyl (C=O) groups is 3. The molecule has 0 aromatic carbocycles. The van der Waals surface area contributed by atoms with E-state index < -0.39 is 82.2 Å². The van der Waals surface area contributed by atoms with Gasteiger partial charge in [0.2, 0.25) is 5.78 Å². The van der Waals surface area contributed by atoms with Gasteiger partial charge in [-0.25, -0.2) is 8.78 Å². The standard InChI is InChI=1S/C27H33ClF2O7/c1-6-20(34)35-12-18(33)27-19(36-23(2,3)37-27)10-13-14-9-15(29)21-22(28)16(31)7-8-24(21,4)26(14,30)17(32)11-25(13,27)5/h7-8,13-15,17,19,32H,6,9-12H2,1-5H3/t13-,14-,15-,17-,19+,24-,25-,26-,27+/m0/s1. The lowest BCUT2D eigenvalue weighted by atomic mass is 9.44. The van der Waals surface area contributed by atoms with Crippen LogP contribution in [-0.2, 0) is 28.6 Å². The van der Waals surface area contributed by atoms with E-state index in [0.29, 0.717) is 0 Å². The van der Waals surface area contributed by atoms with Crippen molar-refractivity contribution in [3.05, 3.63) is 22.8 Å². The summed E-state index contributed by atoms with van der Waals surface area (Å²) in [5.41, 5.74) is -6.95. The van der Waals surface area contributed by atoms with Crippen molar-refractivity contribution in [1.82, 2.24) is 0 Å². The molecule has 5 aliphatic rings. The highest BCUT2D eigenvalue weighted by atomic mass is 35.5. The topological polar surface area (TPSA) is 99.1 Å². The summed E-state index contributed by atoms with van der Waals surface area (Å²) in [5, 5.41) is 11.2. The number of allylic oxidation sites excluding steroid dienone is 4. The van der Waals surface area contributed by atoms with E-state index in [-0.39, 0.29) is 36.3 Å². The van der Waals surface area contributed by atoms with Gasteiger partial charge in [0.05, 0.1) is 17.2 Å². The van der Waals surface area contributed by atoms with Crippen LogP contribution in [0.1, 0.15) is 60.3 Å². The summed E-state index contributed by atoms with van der Waals surface area (Å²) in [7, 11) is 0. The van der Waals surface area contributed by atoms with Gasteiger partial charge in [0.25, 0.3) is 0 Å². The Labute approximate surface area is 219 Å². The smallest absolute Gasteiger partial charge is 0.305 e. The second-order valence-corrected chi connectivity index (χ2v) is 12.3. The summed E-state index contributed by atoms with van der Waals surface area (Å²) in [6.07, 6.45) is -1.94. The number of alkyl halides is 2. The highest BCUT2D eigenvalue weighted by molar-refractivity contribution is 6.45. The second-order valence-electron chi connectivity index (χ2n) is 12.0. The average molecular weight is 543 g/mol. The lowest BCUT2D eigenvalue weighted by Gasteiger charge is -2.63. The van der Waals surface area contributed by atoms with Gasteiger partial charge in [0.1, 0.15) is 6.17 Å². The van der Waals surface area contributed by atoms with Crippen molar-refractivity contribution in [2.45, 2.75) is 95.7 Å². The third-order valence-corrected chi connectivity index (χ3v) is 10.2. The molecule has 0 aromatic heterocycles. The fourth-order valence-electron chi connectivity index (χ4n) is 8.25. The summed E-state index contributed by atoms with van der Waals surface area (Å²) in [6.45, 7) is 7.60. The number of esters is 1. The number of carbonyl (C=O) groups excluding carboxylic acids is 3. The van der Waals surface area contributed by atoms with Gasteiger partial charge in [-0.05, 0) is 57.6 Å². The number of halogens is 3. The van der Waals surface area contributed by atoms with E-state index in [4.69, 9.17) is 25.8 Å². The Hall–Kier alpha value is -1.68. The Balaban J connectivity index is 1.61. The molecule has 0 spiro atoms. The molecule has 1 saturated heterocycles. The van der Waals surface area contributed by atoms with Crippen LogP contribution in [0.5, 0.6) is 0 Å². The van der Waals surface area contributed by atoms with Crippen molar-refractivity contribution in [1.29, 1.82) is 0 Å². The van der Waals surface area contributed by atoms with Gasteiger partial charge < -0.3 is 19.3 Å². The lowest BCUT2D eigenvalue weighted by Crippen LogP contribution is -2.71. The third-order valence-electron chi connectivity index (χ3n) is 9.77. The van der Waals surface area contributed by atoms with Gasteiger partial charge in [-0.15, -0.1) is 0 Å². The largest absolute Gasteiger partial charge is 0.458 e. The van der Waals surface area contributed by atoms with Crippen molar-refractivity contribution in [3.63, 3.8) is 0 Å². The molecule has 204 valence electrons. The van der Waals surface area contributed by atoms with Crippen molar-refractivity contribution < 1.29 is 42.5 Å². The van der Waals surface area contributed by atoms with Crippen LogP contribution < -0.4 is 0 Å². The number of hydrogen-bond acceptors (Lipinski definition) is 7. The van der Waals surface area contributed by atoms with E-state index in [2.05, 4.69) is 0 Å². The normalized spacial score (nSPS) is 47.7.